The SMILES string of the molecule is COC(=O)COc1ccc(C=NNC(N)=O)cc1. The van der Waals surface area contributed by atoms with Crippen LogP contribution in [0.5, 0.6) is 5.75 Å². The van der Waals surface area contributed by atoms with Crippen molar-refractivity contribution in [3.05, 3.63) is 29.8 Å². The Hall–Kier alpha value is -2.57. The van der Waals surface area contributed by atoms with Gasteiger partial charge in [-0.15, -0.1) is 0 Å². The quantitative estimate of drug-likeness (QED) is 0.444. The molecule has 0 saturated carbocycles. The molecule has 1 aromatic carbocycles. The predicted molar refractivity (Wildman–Crippen MR) is 64.3 cm³/mol. The van der Waals surface area contributed by atoms with Crippen LogP contribution in [0.25, 0.3) is 0 Å². The van der Waals surface area contributed by atoms with Gasteiger partial charge in [-0.3, -0.25) is 0 Å². The smallest absolute Gasteiger partial charge is 0.343 e. The molecule has 0 aliphatic rings. The van der Waals surface area contributed by atoms with Crippen molar-refractivity contribution in [2.24, 2.45) is 10.8 Å². The maximum absolute atomic E-state index is 10.8. The first-order valence-corrected chi connectivity index (χ1v) is 5.00. The Morgan fingerprint density at radius 1 is 1.39 bits per heavy atom. The molecule has 0 aromatic heterocycles. The number of carbonyl (C=O) groups excluding carboxylic acids is 2. The molecule has 1 aromatic rings. The molecule has 0 bridgehead atoms. The number of methoxy groups -OCH3 is 1. The Kier molecular flexibility index (Phi) is 5.17. The number of urea groups is 1. The first-order chi connectivity index (χ1) is 8.61. The number of esters is 1. The van der Waals surface area contributed by atoms with E-state index in [1.54, 1.807) is 24.3 Å². The van der Waals surface area contributed by atoms with Gasteiger partial charge in [-0.25, -0.2) is 15.0 Å². The molecule has 0 heterocycles. The van der Waals surface area contributed by atoms with Gasteiger partial charge in [0.2, 0.25) is 0 Å². The molecular weight excluding hydrogens is 238 g/mol. The number of nitrogens with zero attached hydrogens (tertiary/aromatic N) is 1. The summed E-state index contributed by atoms with van der Waals surface area (Å²) in [4.78, 5) is 21.2. The Morgan fingerprint density at radius 3 is 2.61 bits per heavy atom. The number of nitrogens with two attached hydrogens (primary N) is 1. The molecule has 18 heavy (non-hydrogen) atoms. The largest absolute Gasteiger partial charge is 0.482 e. The van der Waals surface area contributed by atoms with Crippen LogP contribution >= 0.6 is 0 Å². The molecule has 0 saturated heterocycles. The standard InChI is InChI=1S/C11H13N3O4/c1-17-10(15)7-18-9-4-2-8(3-5-9)6-13-14-11(12)16/h2-6H,7H2,1H3,(H3,12,14,16). The minimum Gasteiger partial charge on any atom is -0.482 e. The van der Waals surface area contributed by atoms with Gasteiger partial charge in [0.1, 0.15) is 5.75 Å². The minimum atomic E-state index is -0.732. The summed E-state index contributed by atoms with van der Waals surface area (Å²) in [5.74, 6) is 0.0757. The molecule has 3 N–H and O–H groups in total. The summed E-state index contributed by atoms with van der Waals surface area (Å²) in [5, 5.41) is 3.59. The molecule has 2 amide bonds. The number of nitrogens with one attached hydrogen (secondary N) is 1. The Labute approximate surface area is 104 Å². The molecule has 7 nitrogen and oxygen atoms in total. The lowest BCUT2D eigenvalue weighted by molar-refractivity contribution is -0.142. The van der Waals surface area contributed by atoms with Gasteiger partial charge in [0, 0.05) is 0 Å². The van der Waals surface area contributed by atoms with Crippen LogP contribution in [0.3, 0.4) is 0 Å². The van der Waals surface area contributed by atoms with Crippen LogP contribution in [0.2, 0.25) is 0 Å². The van der Waals surface area contributed by atoms with Gasteiger partial charge >= 0.3 is 12.0 Å². The second-order valence-corrected chi connectivity index (χ2v) is 3.17. The predicted octanol–water partition coefficient (Wildman–Crippen LogP) is 0.241. The molecule has 0 atom stereocenters. The topological polar surface area (TPSA) is 103 Å². The highest BCUT2D eigenvalue weighted by Crippen LogP contribution is 2.10. The number of hydrogen-bond acceptors (Lipinski definition) is 5. The van der Waals surface area contributed by atoms with Crippen molar-refractivity contribution in [2.75, 3.05) is 13.7 Å². The molecule has 0 aliphatic carbocycles. The van der Waals surface area contributed by atoms with E-state index in [-0.39, 0.29) is 6.61 Å². The lowest BCUT2D eigenvalue weighted by Gasteiger charge is -2.04. The summed E-state index contributed by atoms with van der Waals surface area (Å²) in [6.45, 7) is -0.146. The van der Waals surface area contributed by atoms with Gasteiger partial charge in [0.25, 0.3) is 0 Å². The van der Waals surface area contributed by atoms with Crippen LogP contribution in [0.1, 0.15) is 5.56 Å². The third-order valence-electron chi connectivity index (χ3n) is 1.85. The first kappa shape index (κ1) is 13.5. The van der Waals surface area contributed by atoms with E-state index in [9.17, 15) is 9.59 Å². The van der Waals surface area contributed by atoms with Crippen molar-refractivity contribution >= 4 is 18.2 Å². The van der Waals surface area contributed by atoms with E-state index in [0.717, 1.165) is 5.56 Å². The number of rotatable bonds is 5. The van der Waals surface area contributed by atoms with E-state index < -0.39 is 12.0 Å². The van der Waals surface area contributed by atoms with Crippen molar-refractivity contribution in [1.29, 1.82) is 0 Å². The molecule has 0 fully saturated rings. The van der Waals surface area contributed by atoms with E-state index in [2.05, 4.69) is 15.3 Å². The van der Waals surface area contributed by atoms with Crippen molar-refractivity contribution in [2.45, 2.75) is 0 Å². The van der Waals surface area contributed by atoms with E-state index in [1.807, 2.05) is 0 Å². The monoisotopic (exact) mass is 251 g/mol. The molecule has 0 unspecified atom stereocenters. The fourth-order valence-corrected chi connectivity index (χ4v) is 1.02. The minimum absolute atomic E-state index is 0.146. The third kappa shape index (κ3) is 4.97. The highest BCUT2D eigenvalue weighted by atomic mass is 16.6. The normalized spacial score (nSPS) is 10.1. The average Bonchev–Trinajstić information content (AvgIpc) is 2.37. The molecule has 96 valence electrons. The molecule has 7 heteroatoms. The molecule has 0 aliphatic heterocycles. The van der Waals surface area contributed by atoms with Crippen molar-refractivity contribution in [3.8, 4) is 5.75 Å². The Morgan fingerprint density at radius 2 is 2.06 bits per heavy atom. The van der Waals surface area contributed by atoms with Crippen molar-refractivity contribution in [1.82, 2.24) is 5.43 Å². The number of carbonyl (C=O) groups is 2. The number of hydrogen-bond donors (Lipinski definition) is 2. The highest BCUT2D eigenvalue weighted by Gasteiger charge is 2.01. The average molecular weight is 251 g/mol. The number of ether oxygens (including phenoxy) is 2. The van der Waals surface area contributed by atoms with E-state index in [4.69, 9.17) is 10.5 Å². The van der Waals surface area contributed by atoms with Gasteiger partial charge < -0.3 is 15.2 Å². The lowest BCUT2D eigenvalue weighted by Crippen LogP contribution is -2.24. The second-order valence-electron chi connectivity index (χ2n) is 3.17. The van der Waals surface area contributed by atoms with Crippen LogP contribution < -0.4 is 15.9 Å². The number of primary amides is 1. The number of amides is 2. The Balaban J connectivity index is 2.49. The van der Waals surface area contributed by atoms with Gasteiger partial charge in [-0.2, -0.15) is 5.10 Å². The maximum atomic E-state index is 10.8. The fraction of sp³-hybridized carbons (Fsp3) is 0.182. The van der Waals surface area contributed by atoms with Crippen molar-refractivity contribution < 1.29 is 19.1 Å². The highest BCUT2D eigenvalue weighted by molar-refractivity contribution is 5.81. The van der Waals surface area contributed by atoms with Gasteiger partial charge in [-0.05, 0) is 29.8 Å². The molecular formula is C11H13N3O4. The second kappa shape index (κ2) is 6.89. The zero-order valence-corrected chi connectivity index (χ0v) is 9.75. The molecule has 0 spiro atoms. The summed E-state index contributed by atoms with van der Waals surface area (Å²) in [7, 11) is 1.29. The van der Waals surface area contributed by atoms with Crippen LogP contribution in [-0.4, -0.2) is 31.9 Å². The number of hydrazone groups is 1. The van der Waals surface area contributed by atoms with Crippen LogP contribution in [-0.2, 0) is 9.53 Å². The summed E-state index contributed by atoms with van der Waals surface area (Å²) >= 11 is 0. The molecule has 0 radical (unpaired) electrons. The maximum Gasteiger partial charge on any atom is 0.343 e. The zero-order valence-electron chi connectivity index (χ0n) is 9.75. The van der Waals surface area contributed by atoms with E-state index in [1.165, 1.54) is 13.3 Å². The summed E-state index contributed by atoms with van der Waals surface area (Å²) in [5.41, 5.74) is 7.65. The molecule has 1 rings (SSSR count). The summed E-state index contributed by atoms with van der Waals surface area (Å²) < 4.78 is 9.58. The van der Waals surface area contributed by atoms with Crippen LogP contribution in [0, 0.1) is 0 Å². The number of benzene rings is 1. The van der Waals surface area contributed by atoms with Crippen molar-refractivity contribution in [3.63, 3.8) is 0 Å². The lowest BCUT2D eigenvalue weighted by atomic mass is 10.2. The zero-order chi connectivity index (χ0) is 13.4. The first-order valence-electron chi connectivity index (χ1n) is 5.00. The van der Waals surface area contributed by atoms with Crippen LogP contribution in [0.4, 0.5) is 4.79 Å². The summed E-state index contributed by atoms with van der Waals surface area (Å²) in [6, 6.07) is 6.00. The van der Waals surface area contributed by atoms with Crippen LogP contribution in [0.15, 0.2) is 29.4 Å². The Bertz CT molecular complexity index is 442. The van der Waals surface area contributed by atoms with Gasteiger partial charge in [0.05, 0.1) is 13.3 Å². The summed E-state index contributed by atoms with van der Waals surface area (Å²) in [6.07, 6.45) is 1.43. The fourth-order valence-electron chi connectivity index (χ4n) is 1.02. The van der Waals surface area contributed by atoms with E-state index >= 15 is 0 Å². The van der Waals surface area contributed by atoms with Gasteiger partial charge in [-0.1, -0.05) is 0 Å². The van der Waals surface area contributed by atoms with Gasteiger partial charge in [0.15, 0.2) is 6.61 Å². The van der Waals surface area contributed by atoms with E-state index in [0.29, 0.717) is 5.75 Å². The third-order valence-corrected chi connectivity index (χ3v) is 1.85.